The predicted molar refractivity (Wildman–Crippen MR) is 72.6 cm³/mol. The Bertz CT molecular complexity index is 577. The van der Waals surface area contributed by atoms with Crippen LogP contribution in [0.4, 0.5) is 0 Å². The number of aryl methyl sites for hydroxylation is 2. The van der Waals surface area contributed by atoms with Gasteiger partial charge in [0.2, 0.25) is 5.78 Å². The minimum absolute atomic E-state index is 0.0350. The van der Waals surface area contributed by atoms with E-state index in [0.29, 0.717) is 17.8 Å². The molecular weight excluding hydrogens is 294 g/mol. The maximum atomic E-state index is 12.5. The summed E-state index contributed by atoms with van der Waals surface area (Å²) in [6.45, 7) is 4.67. The topological polar surface area (TPSA) is 47.8 Å². The Balaban J connectivity index is 2.41. The normalized spacial score (nSPS) is 10.6. The highest BCUT2D eigenvalue weighted by molar-refractivity contribution is 9.10. The van der Waals surface area contributed by atoms with E-state index in [2.05, 4.69) is 26.2 Å². The average Bonchev–Trinajstić information content (AvgIpc) is 2.80. The van der Waals surface area contributed by atoms with Crippen molar-refractivity contribution in [3.05, 3.63) is 45.7 Å². The molecule has 5 heteroatoms. The molecule has 1 aromatic heterocycles. The van der Waals surface area contributed by atoms with Crippen molar-refractivity contribution >= 4 is 21.7 Å². The van der Waals surface area contributed by atoms with E-state index in [0.717, 1.165) is 16.5 Å². The Kier molecular flexibility index (Phi) is 3.91. The molecule has 0 N–H and O–H groups in total. The molecule has 0 aliphatic carbocycles. The zero-order valence-corrected chi connectivity index (χ0v) is 11.9. The Morgan fingerprint density at radius 3 is 2.94 bits per heavy atom. The van der Waals surface area contributed by atoms with Crippen molar-refractivity contribution < 1.29 is 4.79 Å². The minimum atomic E-state index is -0.0350. The van der Waals surface area contributed by atoms with Crippen LogP contribution < -0.4 is 0 Å². The molecule has 0 saturated heterocycles. The Morgan fingerprint density at radius 2 is 2.22 bits per heavy atom. The molecule has 0 bridgehead atoms. The first-order chi connectivity index (χ1) is 8.63. The van der Waals surface area contributed by atoms with Gasteiger partial charge in [0.25, 0.3) is 0 Å². The highest BCUT2D eigenvalue weighted by Gasteiger charge is 2.17. The van der Waals surface area contributed by atoms with Crippen LogP contribution in [0.1, 0.15) is 35.0 Å². The van der Waals surface area contributed by atoms with E-state index in [1.54, 1.807) is 4.68 Å². The fourth-order valence-electron chi connectivity index (χ4n) is 1.79. The first kappa shape index (κ1) is 13.0. The largest absolute Gasteiger partial charge is 0.287 e. The minimum Gasteiger partial charge on any atom is -0.287 e. The monoisotopic (exact) mass is 307 g/mol. The van der Waals surface area contributed by atoms with Crippen molar-refractivity contribution in [1.82, 2.24) is 15.0 Å². The highest BCUT2D eigenvalue weighted by Crippen LogP contribution is 2.19. The molecule has 0 amide bonds. The van der Waals surface area contributed by atoms with Gasteiger partial charge in [-0.15, -0.1) is 5.10 Å². The van der Waals surface area contributed by atoms with Crippen LogP contribution in [0.3, 0.4) is 0 Å². The van der Waals surface area contributed by atoms with Gasteiger partial charge in [-0.3, -0.25) is 4.79 Å². The van der Waals surface area contributed by atoms with Crippen LogP contribution in [-0.4, -0.2) is 20.8 Å². The number of aromatic nitrogens is 3. The second-order valence-electron chi connectivity index (χ2n) is 4.13. The Morgan fingerprint density at radius 1 is 1.44 bits per heavy atom. The van der Waals surface area contributed by atoms with E-state index in [9.17, 15) is 4.79 Å². The lowest BCUT2D eigenvalue weighted by atomic mass is 10.0. The van der Waals surface area contributed by atoms with Crippen molar-refractivity contribution in [3.63, 3.8) is 0 Å². The summed E-state index contributed by atoms with van der Waals surface area (Å²) in [7, 11) is 0. The first-order valence-electron chi connectivity index (χ1n) is 5.82. The predicted octanol–water partition coefficient (Wildman–Crippen LogP) is 2.99. The second-order valence-corrected chi connectivity index (χ2v) is 5.05. The molecule has 0 radical (unpaired) electrons. The highest BCUT2D eigenvalue weighted by atomic mass is 79.9. The Labute approximate surface area is 114 Å². The lowest BCUT2D eigenvalue weighted by Crippen LogP contribution is -2.12. The van der Waals surface area contributed by atoms with Crippen LogP contribution in [0.25, 0.3) is 0 Å². The molecule has 18 heavy (non-hydrogen) atoms. The summed E-state index contributed by atoms with van der Waals surface area (Å²) in [6.07, 6.45) is 2.44. The maximum absolute atomic E-state index is 12.5. The second kappa shape index (κ2) is 5.44. The van der Waals surface area contributed by atoms with Gasteiger partial charge in [0.05, 0.1) is 6.20 Å². The van der Waals surface area contributed by atoms with E-state index >= 15 is 0 Å². The number of nitrogens with zero attached hydrogens (tertiary/aromatic N) is 3. The zero-order valence-electron chi connectivity index (χ0n) is 10.4. The maximum Gasteiger partial charge on any atom is 0.212 e. The number of hydrogen-bond donors (Lipinski definition) is 0. The molecule has 1 heterocycles. The van der Waals surface area contributed by atoms with Crippen LogP contribution in [0.15, 0.2) is 28.9 Å². The lowest BCUT2D eigenvalue weighted by molar-refractivity contribution is 0.102. The Hall–Kier alpha value is -1.49. The van der Waals surface area contributed by atoms with E-state index < -0.39 is 0 Å². The molecule has 0 fully saturated rings. The van der Waals surface area contributed by atoms with Gasteiger partial charge in [0.15, 0.2) is 0 Å². The summed E-state index contributed by atoms with van der Waals surface area (Å²) in [6, 6.07) is 5.68. The zero-order chi connectivity index (χ0) is 13.1. The SMILES string of the molecule is CCCn1nncc1C(=O)c1cc(Br)ccc1C. The van der Waals surface area contributed by atoms with Gasteiger partial charge in [-0.05, 0) is 31.0 Å². The standard InChI is InChI=1S/C13H14BrN3O/c1-3-6-17-12(8-15-16-17)13(18)11-7-10(14)5-4-9(11)2/h4-5,7-8H,3,6H2,1-2H3. The van der Waals surface area contributed by atoms with E-state index in [1.807, 2.05) is 32.0 Å². The van der Waals surface area contributed by atoms with Gasteiger partial charge >= 0.3 is 0 Å². The third kappa shape index (κ3) is 2.51. The van der Waals surface area contributed by atoms with Crippen LogP contribution in [-0.2, 0) is 6.54 Å². The van der Waals surface area contributed by atoms with Gasteiger partial charge in [-0.1, -0.05) is 34.1 Å². The van der Waals surface area contributed by atoms with Crippen molar-refractivity contribution in [2.45, 2.75) is 26.8 Å². The number of hydrogen-bond acceptors (Lipinski definition) is 3. The number of ketones is 1. The number of carbonyl (C=O) groups excluding carboxylic acids is 1. The summed E-state index contributed by atoms with van der Waals surface area (Å²) in [5, 5.41) is 7.76. The quantitative estimate of drug-likeness (QED) is 0.816. The molecule has 94 valence electrons. The fraction of sp³-hybridized carbons (Fsp3) is 0.308. The van der Waals surface area contributed by atoms with Crippen molar-refractivity contribution in [1.29, 1.82) is 0 Å². The third-order valence-electron chi connectivity index (χ3n) is 2.73. The van der Waals surface area contributed by atoms with Crippen molar-refractivity contribution in [2.75, 3.05) is 0 Å². The number of halogens is 1. The van der Waals surface area contributed by atoms with Crippen LogP contribution in [0.2, 0.25) is 0 Å². The van der Waals surface area contributed by atoms with Crippen LogP contribution in [0.5, 0.6) is 0 Å². The molecule has 4 nitrogen and oxygen atoms in total. The summed E-state index contributed by atoms with van der Waals surface area (Å²) in [5.41, 5.74) is 2.18. The molecule has 2 rings (SSSR count). The number of rotatable bonds is 4. The molecule has 2 aromatic rings. The smallest absolute Gasteiger partial charge is 0.212 e. The molecule has 0 aliphatic rings. The molecule has 1 aromatic carbocycles. The van der Waals surface area contributed by atoms with Gasteiger partial charge in [0, 0.05) is 16.6 Å². The molecule has 0 atom stereocenters. The first-order valence-corrected chi connectivity index (χ1v) is 6.62. The fourth-order valence-corrected chi connectivity index (χ4v) is 2.15. The molecular formula is C13H14BrN3O. The van der Waals surface area contributed by atoms with Crippen LogP contribution >= 0.6 is 15.9 Å². The van der Waals surface area contributed by atoms with Gasteiger partial charge < -0.3 is 0 Å². The van der Waals surface area contributed by atoms with Crippen molar-refractivity contribution in [3.8, 4) is 0 Å². The van der Waals surface area contributed by atoms with Crippen LogP contribution in [0, 0.1) is 6.92 Å². The van der Waals surface area contributed by atoms with E-state index in [-0.39, 0.29) is 5.78 Å². The van der Waals surface area contributed by atoms with E-state index in [1.165, 1.54) is 6.20 Å². The third-order valence-corrected chi connectivity index (χ3v) is 3.22. The molecule has 0 saturated carbocycles. The molecule has 0 aliphatic heterocycles. The van der Waals surface area contributed by atoms with Gasteiger partial charge in [-0.2, -0.15) is 0 Å². The summed E-state index contributed by atoms with van der Waals surface area (Å²) >= 11 is 3.39. The lowest BCUT2D eigenvalue weighted by Gasteiger charge is -2.07. The van der Waals surface area contributed by atoms with Gasteiger partial charge in [-0.25, -0.2) is 4.68 Å². The van der Waals surface area contributed by atoms with E-state index in [4.69, 9.17) is 0 Å². The molecule has 0 spiro atoms. The summed E-state index contributed by atoms with van der Waals surface area (Å²) in [4.78, 5) is 12.5. The van der Waals surface area contributed by atoms with Crippen molar-refractivity contribution in [2.24, 2.45) is 0 Å². The average molecular weight is 308 g/mol. The number of benzene rings is 1. The summed E-state index contributed by atoms with van der Waals surface area (Å²) in [5.74, 6) is -0.0350. The summed E-state index contributed by atoms with van der Waals surface area (Å²) < 4.78 is 2.55. The number of carbonyl (C=O) groups is 1. The van der Waals surface area contributed by atoms with Gasteiger partial charge in [0.1, 0.15) is 5.69 Å². The molecule has 0 unspecified atom stereocenters.